The quantitative estimate of drug-likeness (QED) is 0.721. The molecule has 7 nitrogen and oxygen atoms in total. The summed E-state index contributed by atoms with van der Waals surface area (Å²) in [4.78, 5) is 3.93. The van der Waals surface area contributed by atoms with Gasteiger partial charge in [0.15, 0.2) is 0 Å². The molecule has 1 unspecified atom stereocenters. The summed E-state index contributed by atoms with van der Waals surface area (Å²) in [6.07, 6.45) is 7.19. The third kappa shape index (κ3) is 4.27. The average molecular weight is 301 g/mol. The van der Waals surface area contributed by atoms with Gasteiger partial charge in [-0.15, -0.1) is 0 Å². The molecule has 1 atom stereocenters. The topological polar surface area (TPSA) is 79.3 Å². The van der Waals surface area contributed by atoms with Crippen molar-refractivity contribution < 1.29 is 8.42 Å². The van der Waals surface area contributed by atoms with E-state index in [-0.39, 0.29) is 0 Å². The van der Waals surface area contributed by atoms with Crippen LogP contribution in [-0.2, 0) is 16.8 Å². The number of hydrogen-bond donors (Lipinski definition) is 2. The van der Waals surface area contributed by atoms with Crippen molar-refractivity contribution in [3.8, 4) is 0 Å². The standard InChI is InChI=1S/C12H23N5O2S/c1-13-9-12-3-2-6-17(10-12)20(18,19)15-5-8-16-7-4-14-11-16/h4,7,11-13,15H,2-3,5-6,8-10H2,1H3. The highest BCUT2D eigenvalue weighted by atomic mass is 32.2. The van der Waals surface area contributed by atoms with Gasteiger partial charge in [0, 0.05) is 38.6 Å². The second-order valence-electron chi connectivity index (χ2n) is 5.12. The molecule has 0 amide bonds. The first-order valence-corrected chi connectivity index (χ1v) is 8.41. The lowest BCUT2D eigenvalue weighted by atomic mass is 10.00. The van der Waals surface area contributed by atoms with Crippen LogP contribution in [0.5, 0.6) is 0 Å². The molecule has 1 fully saturated rings. The van der Waals surface area contributed by atoms with Crippen LogP contribution in [0.2, 0.25) is 0 Å². The summed E-state index contributed by atoms with van der Waals surface area (Å²) in [5.74, 6) is 0.402. The van der Waals surface area contributed by atoms with Crippen LogP contribution >= 0.6 is 0 Å². The normalized spacial score (nSPS) is 21.1. The van der Waals surface area contributed by atoms with Crippen molar-refractivity contribution in [1.29, 1.82) is 0 Å². The molecule has 1 aliphatic rings. The number of piperidine rings is 1. The SMILES string of the molecule is CNCC1CCCN(S(=O)(=O)NCCn2ccnc2)C1. The maximum absolute atomic E-state index is 12.2. The van der Waals surface area contributed by atoms with Crippen molar-refractivity contribution in [3.05, 3.63) is 18.7 Å². The number of imidazole rings is 1. The van der Waals surface area contributed by atoms with Gasteiger partial charge in [0.25, 0.3) is 10.2 Å². The van der Waals surface area contributed by atoms with E-state index in [1.54, 1.807) is 16.8 Å². The average Bonchev–Trinajstić information content (AvgIpc) is 2.92. The highest BCUT2D eigenvalue weighted by Gasteiger charge is 2.28. The molecular weight excluding hydrogens is 278 g/mol. The van der Waals surface area contributed by atoms with Gasteiger partial charge in [-0.3, -0.25) is 0 Å². The second-order valence-corrected chi connectivity index (χ2v) is 6.88. The van der Waals surface area contributed by atoms with E-state index < -0.39 is 10.2 Å². The van der Waals surface area contributed by atoms with E-state index in [0.29, 0.717) is 32.1 Å². The number of nitrogens with one attached hydrogen (secondary N) is 2. The largest absolute Gasteiger partial charge is 0.336 e. The van der Waals surface area contributed by atoms with Gasteiger partial charge in [-0.05, 0) is 32.4 Å². The molecule has 0 aromatic carbocycles. The Labute approximate surface area is 120 Å². The summed E-state index contributed by atoms with van der Waals surface area (Å²) in [6, 6.07) is 0. The summed E-state index contributed by atoms with van der Waals surface area (Å²) in [5.41, 5.74) is 0. The van der Waals surface area contributed by atoms with Crippen LogP contribution in [0.1, 0.15) is 12.8 Å². The van der Waals surface area contributed by atoms with Crippen molar-refractivity contribution >= 4 is 10.2 Å². The first kappa shape index (κ1) is 15.4. The van der Waals surface area contributed by atoms with Crippen LogP contribution in [0, 0.1) is 5.92 Å². The van der Waals surface area contributed by atoms with E-state index in [4.69, 9.17) is 0 Å². The van der Waals surface area contributed by atoms with Crippen LogP contribution in [0.25, 0.3) is 0 Å². The molecular formula is C12H23N5O2S. The molecule has 114 valence electrons. The van der Waals surface area contributed by atoms with E-state index in [9.17, 15) is 8.42 Å². The van der Waals surface area contributed by atoms with Gasteiger partial charge in [0.1, 0.15) is 0 Å². The number of aromatic nitrogens is 2. The van der Waals surface area contributed by atoms with Crippen LogP contribution < -0.4 is 10.0 Å². The van der Waals surface area contributed by atoms with Gasteiger partial charge >= 0.3 is 0 Å². The van der Waals surface area contributed by atoms with Crippen LogP contribution in [0.15, 0.2) is 18.7 Å². The third-order valence-corrected chi connectivity index (χ3v) is 5.11. The molecule has 0 bridgehead atoms. The highest BCUT2D eigenvalue weighted by Crippen LogP contribution is 2.17. The van der Waals surface area contributed by atoms with Gasteiger partial charge in [-0.2, -0.15) is 12.7 Å². The van der Waals surface area contributed by atoms with Crippen LogP contribution in [-0.4, -0.2) is 55.5 Å². The Balaban J connectivity index is 1.82. The van der Waals surface area contributed by atoms with E-state index in [1.165, 1.54) is 0 Å². The van der Waals surface area contributed by atoms with E-state index in [2.05, 4.69) is 15.0 Å². The lowest BCUT2D eigenvalue weighted by molar-refractivity contribution is 0.261. The molecule has 0 aliphatic carbocycles. The summed E-state index contributed by atoms with van der Waals surface area (Å²) < 4.78 is 30.5. The first-order chi connectivity index (χ1) is 9.62. The monoisotopic (exact) mass is 301 g/mol. The molecule has 1 aromatic heterocycles. The Morgan fingerprint density at radius 2 is 2.30 bits per heavy atom. The number of hydrogen-bond acceptors (Lipinski definition) is 4. The predicted molar refractivity (Wildman–Crippen MR) is 77.4 cm³/mol. The fourth-order valence-corrected chi connectivity index (χ4v) is 3.82. The molecule has 2 rings (SSSR count). The lowest BCUT2D eigenvalue weighted by Crippen LogP contribution is -2.48. The summed E-state index contributed by atoms with van der Waals surface area (Å²) in [5, 5.41) is 3.12. The van der Waals surface area contributed by atoms with E-state index >= 15 is 0 Å². The molecule has 1 saturated heterocycles. The molecule has 2 N–H and O–H groups in total. The van der Waals surface area contributed by atoms with Crippen LogP contribution in [0.3, 0.4) is 0 Å². The van der Waals surface area contributed by atoms with E-state index in [0.717, 1.165) is 19.4 Å². The molecule has 20 heavy (non-hydrogen) atoms. The Bertz CT molecular complexity index is 486. The van der Waals surface area contributed by atoms with Crippen LogP contribution in [0.4, 0.5) is 0 Å². The minimum absolute atomic E-state index is 0.381. The molecule has 1 aliphatic heterocycles. The third-order valence-electron chi connectivity index (χ3n) is 3.53. The maximum Gasteiger partial charge on any atom is 0.279 e. The highest BCUT2D eigenvalue weighted by molar-refractivity contribution is 7.87. The zero-order chi connectivity index (χ0) is 14.4. The van der Waals surface area contributed by atoms with Crippen molar-refractivity contribution in [2.24, 2.45) is 5.92 Å². The minimum atomic E-state index is -3.37. The van der Waals surface area contributed by atoms with E-state index in [1.807, 2.05) is 17.8 Å². The van der Waals surface area contributed by atoms with Crippen molar-refractivity contribution in [2.75, 3.05) is 33.2 Å². The van der Waals surface area contributed by atoms with Gasteiger partial charge in [-0.1, -0.05) is 0 Å². The first-order valence-electron chi connectivity index (χ1n) is 6.97. The summed E-state index contributed by atoms with van der Waals surface area (Å²) >= 11 is 0. The molecule has 8 heteroatoms. The van der Waals surface area contributed by atoms with Gasteiger partial charge in [0.2, 0.25) is 0 Å². The fraction of sp³-hybridized carbons (Fsp3) is 0.750. The maximum atomic E-state index is 12.2. The van der Waals surface area contributed by atoms with Gasteiger partial charge in [-0.25, -0.2) is 9.71 Å². The Kier molecular flexibility index (Phi) is 5.53. The second kappa shape index (κ2) is 7.16. The molecule has 0 radical (unpaired) electrons. The molecule has 2 heterocycles. The fourth-order valence-electron chi connectivity index (χ4n) is 2.51. The van der Waals surface area contributed by atoms with Crippen molar-refractivity contribution in [2.45, 2.75) is 19.4 Å². The molecule has 0 spiro atoms. The zero-order valence-electron chi connectivity index (χ0n) is 11.8. The summed E-state index contributed by atoms with van der Waals surface area (Å²) in [7, 11) is -1.47. The van der Waals surface area contributed by atoms with Crippen molar-refractivity contribution in [3.63, 3.8) is 0 Å². The Morgan fingerprint density at radius 1 is 1.45 bits per heavy atom. The Hall–Kier alpha value is -0.960. The summed E-state index contributed by atoms with van der Waals surface area (Å²) in [6.45, 7) is 3.04. The van der Waals surface area contributed by atoms with Gasteiger partial charge in [0.05, 0.1) is 6.33 Å². The smallest absolute Gasteiger partial charge is 0.279 e. The number of nitrogens with zero attached hydrogens (tertiary/aromatic N) is 3. The van der Waals surface area contributed by atoms with Gasteiger partial charge < -0.3 is 9.88 Å². The lowest BCUT2D eigenvalue weighted by Gasteiger charge is -2.31. The minimum Gasteiger partial charge on any atom is -0.336 e. The number of rotatable bonds is 7. The zero-order valence-corrected chi connectivity index (χ0v) is 12.6. The Morgan fingerprint density at radius 3 is 3.00 bits per heavy atom. The van der Waals surface area contributed by atoms with Crippen molar-refractivity contribution in [1.82, 2.24) is 23.9 Å². The molecule has 0 saturated carbocycles. The molecule has 1 aromatic rings. The predicted octanol–water partition coefficient (Wildman–Crippen LogP) is -0.351.